The average Bonchev–Trinajstić information content (AvgIpc) is 3.33. The number of aryl methyl sites for hydroxylation is 2. The van der Waals surface area contributed by atoms with Crippen molar-refractivity contribution in [2.45, 2.75) is 27.4 Å². The molecule has 1 amide bonds. The number of oxazole rings is 1. The minimum absolute atomic E-state index is 0.267. The third kappa shape index (κ3) is 5.22. The Balaban J connectivity index is 1.35. The predicted molar refractivity (Wildman–Crippen MR) is 150 cm³/mol. The summed E-state index contributed by atoms with van der Waals surface area (Å²) < 4.78 is 17.5. The Hall–Kier alpha value is -4.29. The predicted octanol–water partition coefficient (Wildman–Crippen LogP) is 7.91. The second kappa shape index (κ2) is 10.6. The summed E-state index contributed by atoms with van der Waals surface area (Å²) in [6.45, 7) is 6.33. The van der Waals surface area contributed by atoms with E-state index in [2.05, 4.69) is 11.4 Å². The molecule has 7 heteroatoms. The van der Waals surface area contributed by atoms with Crippen LogP contribution in [-0.4, -0.2) is 18.0 Å². The summed E-state index contributed by atoms with van der Waals surface area (Å²) in [7, 11) is 1.54. The first-order valence-corrected chi connectivity index (χ1v) is 12.5. The van der Waals surface area contributed by atoms with Crippen molar-refractivity contribution in [3.63, 3.8) is 0 Å². The summed E-state index contributed by atoms with van der Waals surface area (Å²) in [4.78, 5) is 17.9. The SMILES string of the molecule is COc1cc(C(=O)Nc2cccc(-c3nc4cc(C)cc(C)c4o3)c2C)ccc1OCc1ccc(Cl)cc1. The van der Waals surface area contributed by atoms with Crippen LogP contribution in [-0.2, 0) is 6.61 Å². The number of aromatic nitrogens is 1. The van der Waals surface area contributed by atoms with Gasteiger partial charge in [-0.2, -0.15) is 0 Å². The van der Waals surface area contributed by atoms with Crippen LogP contribution in [0.25, 0.3) is 22.6 Å². The van der Waals surface area contributed by atoms with Crippen molar-refractivity contribution in [1.82, 2.24) is 4.98 Å². The van der Waals surface area contributed by atoms with Crippen LogP contribution in [0.1, 0.15) is 32.6 Å². The summed E-state index contributed by atoms with van der Waals surface area (Å²) in [5.74, 6) is 1.26. The van der Waals surface area contributed by atoms with Gasteiger partial charge >= 0.3 is 0 Å². The number of benzene rings is 4. The lowest BCUT2D eigenvalue weighted by atomic mass is 10.1. The molecular weight excluding hydrogens is 500 g/mol. The number of hydrogen-bond acceptors (Lipinski definition) is 5. The van der Waals surface area contributed by atoms with E-state index in [0.717, 1.165) is 38.9 Å². The summed E-state index contributed by atoms with van der Waals surface area (Å²) in [5.41, 5.74) is 7.51. The zero-order valence-corrected chi connectivity index (χ0v) is 22.3. The Morgan fingerprint density at radius 3 is 2.53 bits per heavy atom. The number of halogens is 1. The number of hydrogen-bond donors (Lipinski definition) is 1. The topological polar surface area (TPSA) is 73.6 Å². The van der Waals surface area contributed by atoms with Crippen molar-refractivity contribution in [2.75, 3.05) is 12.4 Å². The molecule has 0 radical (unpaired) electrons. The Kier molecular flexibility index (Phi) is 7.07. The Morgan fingerprint density at radius 1 is 0.974 bits per heavy atom. The smallest absolute Gasteiger partial charge is 0.255 e. The van der Waals surface area contributed by atoms with Gasteiger partial charge in [0.2, 0.25) is 5.89 Å². The highest BCUT2D eigenvalue weighted by atomic mass is 35.5. The fourth-order valence-corrected chi connectivity index (χ4v) is 4.48. The number of fused-ring (bicyclic) bond motifs is 1. The quantitative estimate of drug-likeness (QED) is 0.233. The molecule has 1 aromatic heterocycles. The van der Waals surface area contributed by atoms with Crippen molar-refractivity contribution >= 4 is 34.3 Å². The highest BCUT2D eigenvalue weighted by Gasteiger charge is 2.17. The molecule has 0 fully saturated rings. The average molecular weight is 527 g/mol. The third-order valence-electron chi connectivity index (χ3n) is 6.37. The monoisotopic (exact) mass is 526 g/mol. The Bertz CT molecular complexity index is 1640. The normalized spacial score (nSPS) is 11.0. The maximum Gasteiger partial charge on any atom is 0.255 e. The fraction of sp³-hybridized carbons (Fsp3) is 0.161. The maximum atomic E-state index is 13.2. The van der Waals surface area contributed by atoms with E-state index in [1.54, 1.807) is 25.3 Å². The summed E-state index contributed by atoms with van der Waals surface area (Å²) >= 11 is 5.95. The number of rotatable bonds is 7. The van der Waals surface area contributed by atoms with Crippen LogP contribution >= 0.6 is 11.6 Å². The minimum atomic E-state index is -0.267. The first-order chi connectivity index (χ1) is 18.3. The van der Waals surface area contributed by atoms with Gasteiger partial charge in [0, 0.05) is 21.8 Å². The first kappa shape index (κ1) is 25.4. The number of carbonyl (C=O) groups excluding carboxylic acids is 1. The molecule has 5 aromatic rings. The second-order valence-electron chi connectivity index (χ2n) is 9.16. The summed E-state index contributed by atoms with van der Waals surface area (Å²) in [6, 6.07) is 22.3. The Labute approximate surface area is 226 Å². The molecule has 6 nitrogen and oxygen atoms in total. The lowest BCUT2D eigenvalue weighted by Crippen LogP contribution is -2.13. The molecule has 1 N–H and O–H groups in total. The van der Waals surface area contributed by atoms with E-state index in [1.807, 2.05) is 69.3 Å². The molecule has 0 saturated heterocycles. The van der Waals surface area contributed by atoms with Crippen molar-refractivity contribution < 1.29 is 18.7 Å². The van der Waals surface area contributed by atoms with Gasteiger partial charge in [0.05, 0.1) is 7.11 Å². The van der Waals surface area contributed by atoms with E-state index in [0.29, 0.717) is 40.3 Å². The van der Waals surface area contributed by atoms with Crippen molar-refractivity contribution in [3.05, 3.63) is 106 Å². The van der Waals surface area contributed by atoms with Crippen LogP contribution in [0.4, 0.5) is 5.69 Å². The molecule has 5 rings (SSSR count). The molecule has 0 aliphatic heterocycles. The minimum Gasteiger partial charge on any atom is -0.493 e. The number of amides is 1. The molecule has 0 bridgehead atoms. The van der Waals surface area contributed by atoms with E-state index in [1.165, 1.54) is 0 Å². The van der Waals surface area contributed by atoms with Crippen LogP contribution < -0.4 is 14.8 Å². The molecule has 0 aliphatic carbocycles. The largest absolute Gasteiger partial charge is 0.493 e. The molecule has 4 aromatic carbocycles. The lowest BCUT2D eigenvalue weighted by molar-refractivity contribution is 0.102. The van der Waals surface area contributed by atoms with Gasteiger partial charge < -0.3 is 19.2 Å². The zero-order chi connectivity index (χ0) is 26.8. The molecule has 0 atom stereocenters. The number of ether oxygens (including phenoxy) is 2. The molecule has 0 aliphatic rings. The van der Waals surface area contributed by atoms with E-state index >= 15 is 0 Å². The summed E-state index contributed by atoms with van der Waals surface area (Å²) in [5, 5.41) is 3.68. The van der Waals surface area contributed by atoms with Crippen LogP contribution in [0.2, 0.25) is 5.02 Å². The van der Waals surface area contributed by atoms with Crippen molar-refractivity contribution in [2.24, 2.45) is 0 Å². The van der Waals surface area contributed by atoms with Crippen molar-refractivity contribution in [3.8, 4) is 23.0 Å². The van der Waals surface area contributed by atoms with E-state index in [9.17, 15) is 4.79 Å². The van der Waals surface area contributed by atoms with Crippen molar-refractivity contribution in [1.29, 1.82) is 0 Å². The molecule has 192 valence electrons. The fourth-order valence-electron chi connectivity index (χ4n) is 4.36. The van der Waals surface area contributed by atoms with Gasteiger partial charge in [0.15, 0.2) is 17.1 Å². The van der Waals surface area contributed by atoms with E-state index < -0.39 is 0 Å². The van der Waals surface area contributed by atoms with Crippen LogP contribution in [0, 0.1) is 20.8 Å². The standard InChI is InChI=1S/C31H27ClN2O4/c1-18-14-19(2)29-26(15-18)34-31(38-29)24-6-5-7-25(20(24)3)33-30(35)22-10-13-27(28(16-22)36-4)37-17-21-8-11-23(32)12-9-21/h5-16H,17H2,1-4H3,(H,33,35). The van der Waals surface area contributed by atoms with Gasteiger partial charge in [0.25, 0.3) is 5.91 Å². The van der Waals surface area contributed by atoms with E-state index in [-0.39, 0.29) is 5.91 Å². The number of nitrogens with one attached hydrogen (secondary N) is 1. The van der Waals surface area contributed by atoms with Gasteiger partial charge in [-0.05, 0) is 91.6 Å². The van der Waals surface area contributed by atoms with Gasteiger partial charge in [-0.15, -0.1) is 0 Å². The number of nitrogens with zero attached hydrogens (tertiary/aromatic N) is 1. The molecule has 0 spiro atoms. The van der Waals surface area contributed by atoms with Crippen LogP contribution in [0.15, 0.2) is 77.2 Å². The highest BCUT2D eigenvalue weighted by Crippen LogP contribution is 2.33. The van der Waals surface area contributed by atoms with Gasteiger partial charge in [-0.3, -0.25) is 4.79 Å². The number of methoxy groups -OCH3 is 1. The molecule has 38 heavy (non-hydrogen) atoms. The zero-order valence-electron chi connectivity index (χ0n) is 21.6. The van der Waals surface area contributed by atoms with Gasteiger partial charge in [-0.25, -0.2) is 4.98 Å². The van der Waals surface area contributed by atoms with Crippen LogP contribution in [0.5, 0.6) is 11.5 Å². The Morgan fingerprint density at radius 2 is 1.76 bits per heavy atom. The van der Waals surface area contributed by atoms with Gasteiger partial charge in [-0.1, -0.05) is 35.9 Å². The molecule has 0 saturated carbocycles. The molecule has 0 unspecified atom stereocenters. The van der Waals surface area contributed by atoms with Crippen LogP contribution in [0.3, 0.4) is 0 Å². The third-order valence-corrected chi connectivity index (χ3v) is 6.62. The molecular formula is C31H27ClN2O4. The summed E-state index contributed by atoms with van der Waals surface area (Å²) in [6.07, 6.45) is 0. The number of anilines is 1. The highest BCUT2D eigenvalue weighted by molar-refractivity contribution is 6.30. The second-order valence-corrected chi connectivity index (χ2v) is 9.60. The first-order valence-electron chi connectivity index (χ1n) is 12.2. The molecule has 1 heterocycles. The lowest BCUT2D eigenvalue weighted by Gasteiger charge is -2.14. The maximum absolute atomic E-state index is 13.2. The number of carbonyl (C=O) groups is 1. The van der Waals surface area contributed by atoms with E-state index in [4.69, 9.17) is 30.5 Å². The van der Waals surface area contributed by atoms with Gasteiger partial charge in [0.1, 0.15) is 12.1 Å².